The molecule has 0 aliphatic heterocycles. The summed E-state index contributed by atoms with van der Waals surface area (Å²) in [6.45, 7) is 1.37. The molecular weight excluding hydrogens is 282 g/mol. The van der Waals surface area contributed by atoms with Crippen LogP contribution < -0.4 is 9.46 Å². The van der Waals surface area contributed by atoms with E-state index in [0.717, 1.165) is 0 Å². The van der Waals surface area contributed by atoms with Crippen molar-refractivity contribution >= 4 is 27.6 Å². The molecule has 0 amide bonds. The van der Waals surface area contributed by atoms with Gasteiger partial charge in [-0.15, -0.1) is 0 Å². The van der Waals surface area contributed by atoms with Crippen molar-refractivity contribution in [2.45, 2.75) is 11.8 Å². The van der Waals surface area contributed by atoms with E-state index in [2.05, 4.69) is 4.72 Å². The molecule has 0 saturated carbocycles. The third-order valence-electron chi connectivity index (χ3n) is 1.90. The number of hydrogen-bond acceptors (Lipinski definition) is 4. The van der Waals surface area contributed by atoms with Crippen LogP contribution in [0.15, 0.2) is 23.1 Å². The number of sulfonamides is 1. The van der Waals surface area contributed by atoms with Crippen molar-refractivity contribution < 1.29 is 23.1 Å². The Morgan fingerprint density at radius 2 is 2.17 bits per heavy atom. The summed E-state index contributed by atoms with van der Waals surface area (Å²) in [6, 6.07) is 3.81. The quantitative estimate of drug-likeness (QED) is 0.819. The van der Waals surface area contributed by atoms with E-state index in [1.165, 1.54) is 18.2 Å². The maximum absolute atomic E-state index is 11.7. The number of hydrogen-bond donors (Lipinski definition) is 2. The van der Waals surface area contributed by atoms with Crippen LogP contribution in [0.25, 0.3) is 0 Å². The van der Waals surface area contributed by atoms with Gasteiger partial charge in [0, 0.05) is 6.54 Å². The number of carboxylic acids is 1. The van der Waals surface area contributed by atoms with Gasteiger partial charge >= 0.3 is 5.97 Å². The molecule has 0 unspecified atom stereocenters. The van der Waals surface area contributed by atoms with Crippen LogP contribution in [0.3, 0.4) is 0 Å². The first kappa shape index (κ1) is 14.7. The summed E-state index contributed by atoms with van der Waals surface area (Å²) in [5.41, 5.74) is 0. The van der Waals surface area contributed by atoms with Gasteiger partial charge in [-0.05, 0) is 18.2 Å². The van der Waals surface area contributed by atoms with Crippen LogP contribution in [0.5, 0.6) is 5.75 Å². The Kier molecular flexibility index (Phi) is 4.94. The molecule has 0 heterocycles. The van der Waals surface area contributed by atoms with Gasteiger partial charge in [-0.3, -0.25) is 0 Å². The molecule has 0 fully saturated rings. The average Bonchev–Trinajstić information content (AvgIpc) is 2.27. The summed E-state index contributed by atoms with van der Waals surface area (Å²) in [7, 11) is -3.59. The topological polar surface area (TPSA) is 92.7 Å². The second-order valence-corrected chi connectivity index (χ2v) is 5.45. The predicted octanol–water partition coefficient (Wildman–Crippen LogP) is 1.10. The lowest BCUT2D eigenvalue weighted by molar-refractivity contribution is -0.139. The van der Waals surface area contributed by atoms with E-state index in [4.69, 9.17) is 21.4 Å². The van der Waals surface area contributed by atoms with Crippen LogP contribution >= 0.6 is 11.6 Å². The molecule has 0 bridgehead atoms. The van der Waals surface area contributed by atoms with Gasteiger partial charge in [-0.25, -0.2) is 17.9 Å². The normalized spacial score (nSPS) is 11.2. The zero-order chi connectivity index (χ0) is 13.8. The van der Waals surface area contributed by atoms with E-state index in [1.807, 2.05) is 0 Å². The fraction of sp³-hybridized carbons (Fsp3) is 0.300. The van der Waals surface area contributed by atoms with Gasteiger partial charge in [0.05, 0.1) is 9.92 Å². The minimum absolute atomic E-state index is 0.00275. The molecule has 0 aromatic heterocycles. The van der Waals surface area contributed by atoms with Gasteiger partial charge in [0.2, 0.25) is 10.0 Å². The van der Waals surface area contributed by atoms with E-state index >= 15 is 0 Å². The largest absolute Gasteiger partial charge is 0.480 e. The molecular formula is C10H12ClNO5S. The smallest absolute Gasteiger partial charge is 0.341 e. The van der Waals surface area contributed by atoms with Gasteiger partial charge in [0.1, 0.15) is 5.75 Å². The van der Waals surface area contributed by atoms with Crippen molar-refractivity contribution in [2.24, 2.45) is 0 Å². The third kappa shape index (κ3) is 3.86. The Hall–Kier alpha value is -1.31. The van der Waals surface area contributed by atoms with Crippen LogP contribution in [0.2, 0.25) is 5.02 Å². The maximum atomic E-state index is 11.7. The van der Waals surface area contributed by atoms with Crippen LogP contribution in [0.1, 0.15) is 6.92 Å². The van der Waals surface area contributed by atoms with Gasteiger partial charge in [0.25, 0.3) is 0 Å². The highest BCUT2D eigenvalue weighted by molar-refractivity contribution is 7.89. The molecule has 0 saturated heterocycles. The number of ether oxygens (including phenoxy) is 1. The molecule has 1 aromatic rings. The lowest BCUT2D eigenvalue weighted by atomic mass is 10.3. The summed E-state index contributed by atoms with van der Waals surface area (Å²) < 4.78 is 30.5. The number of nitrogens with one attached hydrogen (secondary N) is 1. The second kappa shape index (κ2) is 6.03. The molecule has 0 aliphatic carbocycles. The number of rotatable bonds is 6. The first-order valence-electron chi connectivity index (χ1n) is 5.00. The second-order valence-electron chi connectivity index (χ2n) is 3.28. The van der Waals surface area contributed by atoms with Gasteiger partial charge in [-0.1, -0.05) is 18.5 Å². The molecule has 18 heavy (non-hydrogen) atoms. The van der Waals surface area contributed by atoms with Crippen molar-refractivity contribution in [3.63, 3.8) is 0 Å². The SMILES string of the molecule is CCNS(=O)(=O)c1ccc(OCC(=O)O)c(Cl)c1. The molecule has 0 radical (unpaired) electrons. The monoisotopic (exact) mass is 293 g/mol. The Morgan fingerprint density at radius 3 is 2.67 bits per heavy atom. The molecule has 2 N–H and O–H groups in total. The lowest BCUT2D eigenvalue weighted by Gasteiger charge is -2.08. The van der Waals surface area contributed by atoms with Crippen LogP contribution in [0.4, 0.5) is 0 Å². The average molecular weight is 294 g/mol. The van der Waals surface area contributed by atoms with Crippen molar-refractivity contribution in [3.8, 4) is 5.75 Å². The fourth-order valence-corrected chi connectivity index (χ4v) is 2.55. The van der Waals surface area contributed by atoms with E-state index in [-0.39, 0.29) is 22.2 Å². The standard InChI is InChI=1S/C10H12ClNO5S/c1-2-12-18(15,16)7-3-4-9(8(11)5-7)17-6-10(13)14/h3-5,12H,2,6H2,1H3,(H,13,14). The molecule has 0 atom stereocenters. The van der Waals surface area contributed by atoms with E-state index in [9.17, 15) is 13.2 Å². The fourth-order valence-electron chi connectivity index (χ4n) is 1.18. The number of carboxylic acid groups (broad SMARTS) is 1. The first-order chi connectivity index (χ1) is 8.36. The molecule has 100 valence electrons. The predicted molar refractivity (Wildman–Crippen MR) is 65.4 cm³/mol. The zero-order valence-electron chi connectivity index (χ0n) is 9.51. The number of carbonyl (C=O) groups is 1. The summed E-state index contributed by atoms with van der Waals surface area (Å²) in [4.78, 5) is 10.3. The molecule has 0 aliphatic rings. The summed E-state index contributed by atoms with van der Waals surface area (Å²) in [5.74, 6) is -1.02. The van der Waals surface area contributed by atoms with Gasteiger partial charge < -0.3 is 9.84 Å². The Morgan fingerprint density at radius 1 is 1.50 bits per heavy atom. The minimum Gasteiger partial charge on any atom is -0.480 e. The molecule has 8 heteroatoms. The maximum Gasteiger partial charge on any atom is 0.341 e. The van der Waals surface area contributed by atoms with Crippen LogP contribution in [-0.2, 0) is 14.8 Å². The van der Waals surface area contributed by atoms with Crippen LogP contribution in [-0.4, -0.2) is 32.6 Å². The highest BCUT2D eigenvalue weighted by atomic mass is 35.5. The molecule has 0 spiro atoms. The Bertz CT molecular complexity index is 543. The van der Waals surface area contributed by atoms with Gasteiger partial charge in [0.15, 0.2) is 6.61 Å². The zero-order valence-corrected chi connectivity index (χ0v) is 11.1. The highest BCUT2D eigenvalue weighted by Gasteiger charge is 2.15. The van der Waals surface area contributed by atoms with Crippen molar-refractivity contribution in [1.29, 1.82) is 0 Å². The van der Waals surface area contributed by atoms with E-state index < -0.39 is 22.6 Å². The summed E-state index contributed by atoms with van der Waals surface area (Å²) in [6.07, 6.45) is 0. The lowest BCUT2D eigenvalue weighted by Crippen LogP contribution is -2.23. The van der Waals surface area contributed by atoms with Crippen molar-refractivity contribution in [2.75, 3.05) is 13.2 Å². The van der Waals surface area contributed by atoms with Crippen molar-refractivity contribution in [3.05, 3.63) is 23.2 Å². The van der Waals surface area contributed by atoms with Crippen LogP contribution in [0, 0.1) is 0 Å². The Balaban J connectivity index is 2.95. The number of halogens is 1. The van der Waals surface area contributed by atoms with E-state index in [1.54, 1.807) is 6.92 Å². The summed E-state index contributed by atoms with van der Waals surface area (Å²) in [5, 5.41) is 8.48. The summed E-state index contributed by atoms with van der Waals surface area (Å²) >= 11 is 5.81. The van der Waals surface area contributed by atoms with Gasteiger partial charge in [-0.2, -0.15) is 0 Å². The highest BCUT2D eigenvalue weighted by Crippen LogP contribution is 2.27. The van der Waals surface area contributed by atoms with E-state index in [0.29, 0.717) is 0 Å². The molecule has 6 nitrogen and oxygen atoms in total. The number of benzene rings is 1. The number of aliphatic carboxylic acids is 1. The van der Waals surface area contributed by atoms with Crippen molar-refractivity contribution in [1.82, 2.24) is 4.72 Å². The molecule has 1 rings (SSSR count). The molecule has 1 aromatic carbocycles. The minimum atomic E-state index is -3.59. The first-order valence-corrected chi connectivity index (χ1v) is 6.86. The Labute approximate surface area is 110 Å². The third-order valence-corrected chi connectivity index (χ3v) is 3.74.